The summed E-state index contributed by atoms with van der Waals surface area (Å²) in [5.41, 5.74) is 1.57. The van der Waals surface area contributed by atoms with Gasteiger partial charge in [0.1, 0.15) is 18.5 Å². The number of hydrogen-bond donors (Lipinski definition) is 0. The summed E-state index contributed by atoms with van der Waals surface area (Å²) in [6.07, 6.45) is 4.24. The summed E-state index contributed by atoms with van der Waals surface area (Å²) >= 11 is 0. The molecule has 0 saturated heterocycles. The Morgan fingerprint density at radius 2 is 2.08 bits per heavy atom. The van der Waals surface area contributed by atoms with Gasteiger partial charge in [-0.05, 0) is 13.3 Å². The molecule has 0 unspecified atom stereocenters. The normalized spacial score (nSPS) is 15.7. The summed E-state index contributed by atoms with van der Waals surface area (Å²) in [5, 5.41) is 4.05. The monoisotopic (exact) mass is 330 g/mol. The second-order valence-electron chi connectivity index (χ2n) is 6.29. The van der Waals surface area contributed by atoms with Crippen LogP contribution in [0.3, 0.4) is 0 Å². The number of nitrogens with zero attached hydrogens (tertiary/aromatic N) is 6. The Morgan fingerprint density at radius 3 is 2.79 bits per heavy atom. The Balaban J connectivity index is 1.73. The topological polar surface area (TPSA) is 85.9 Å². The summed E-state index contributed by atoms with van der Waals surface area (Å²) in [4.78, 5) is 35.4. The molecule has 0 spiro atoms. The van der Waals surface area contributed by atoms with Crippen molar-refractivity contribution in [2.45, 2.75) is 33.2 Å². The van der Waals surface area contributed by atoms with Crippen molar-refractivity contribution >= 4 is 5.91 Å². The van der Waals surface area contributed by atoms with E-state index in [4.69, 9.17) is 0 Å². The molecule has 24 heavy (non-hydrogen) atoms. The molecule has 8 nitrogen and oxygen atoms in total. The number of hydrogen-bond acceptors (Lipinski definition) is 5. The van der Waals surface area contributed by atoms with Crippen LogP contribution in [0.2, 0.25) is 0 Å². The first-order valence-electron chi connectivity index (χ1n) is 8.14. The van der Waals surface area contributed by atoms with Gasteiger partial charge >= 0.3 is 0 Å². The van der Waals surface area contributed by atoms with E-state index < -0.39 is 0 Å². The fourth-order valence-electron chi connectivity index (χ4n) is 3.09. The van der Waals surface area contributed by atoms with E-state index in [1.165, 1.54) is 6.33 Å². The molecule has 1 aliphatic heterocycles. The summed E-state index contributed by atoms with van der Waals surface area (Å²) < 4.78 is 3.24. The average Bonchev–Trinajstić information content (AvgIpc) is 2.97. The van der Waals surface area contributed by atoms with Gasteiger partial charge in [0.05, 0.1) is 18.2 Å². The van der Waals surface area contributed by atoms with E-state index in [2.05, 4.69) is 15.1 Å². The number of aromatic nitrogens is 5. The van der Waals surface area contributed by atoms with Crippen LogP contribution in [0.4, 0.5) is 0 Å². The van der Waals surface area contributed by atoms with Crippen molar-refractivity contribution in [2.24, 2.45) is 13.0 Å². The number of amides is 1. The number of fused-ring (bicyclic) bond motifs is 1. The molecule has 0 N–H and O–H groups in total. The van der Waals surface area contributed by atoms with Gasteiger partial charge in [-0.15, -0.1) is 0 Å². The smallest absolute Gasteiger partial charge is 0.256 e. The lowest BCUT2D eigenvalue weighted by atomic mass is 10.1. The first-order chi connectivity index (χ1) is 11.5. The SMILES string of the molecule is Cc1nc2c(c(=O)n1C)CCN(C(=O)[C@@H](C)Cn1cncn1)CC2. The Kier molecular flexibility index (Phi) is 4.46. The number of carbonyl (C=O) groups excluding carboxylic acids is 1. The van der Waals surface area contributed by atoms with Crippen molar-refractivity contribution in [1.29, 1.82) is 0 Å². The molecule has 3 heterocycles. The van der Waals surface area contributed by atoms with Crippen LogP contribution in [0.25, 0.3) is 0 Å². The Labute approximate surface area is 140 Å². The average molecular weight is 330 g/mol. The van der Waals surface area contributed by atoms with E-state index in [0.29, 0.717) is 38.3 Å². The van der Waals surface area contributed by atoms with Crippen molar-refractivity contribution in [3.63, 3.8) is 0 Å². The zero-order valence-electron chi connectivity index (χ0n) is 14.3. The molecular weight excluding hydrogens is 308 g/mol. The highest BCUT2D eigenvalue weighted by Crippen LogP contribution is 2.14. The molecular formula is C16H22N6O2. The van der Waals surface area contributed by atoms with Gasteiger partial charge in [-0.25, -0.2) is 9.97 Å². The van der Waals surface area contributed by atoms with E-state index in [-0.39, 0.29) is 17.4 Å². The van der Waals surface area contributed by atoms with Gasteiger partial charge in [-0.2, -0.15) is 5.10 Å². The molecule has 2 aromatic heterocycles. The van der Waals surface area contributed by atoms with E-state index in [0.717, 1.165) is 11.3 Å². The summed E-state index contributed by atoms with van der Waals surface area (Å²) in [5.74, 6) is 0.593. The molecule has 0 bridgehead atoms. The highest BCUT2D eigenvalue weighted by molar-refractivity contribution is 5.78. The molecule has 0 radical (unpaired) electrons. The predicted molar refractivity (Wildman–Crippen MR) is 87.4 cm³/mol. The molecule has 0 aromatic carbocycles. The lowest BCUT2D eigenvalue weighted by molar-refractivity contribution is -0.135. The predicted octanol–water partition coefficient (Wildman–Crippen LogP) is -0.0563. The van der Waals surface area contributed by atoms with Gasteiger partial charge in [0, 0.05) is 32.1 Å². The van der Waals surface area contributed by atoms with Crippen LogP contribution in [0, 0.1) is 12.8 Å². The van der Waals surface area contributed by atoms with Gasteiger partial charge in [0.2, 0.25) is 5.91 Å². The zero-order valence-corrected chi connectivity index (χ0v) is 14.3. The van der Waals surface area contributed by atoms with Crippen molar-refractivity contribution in [1.82, 2.24) is 29.2 Å². The molecule has 2 aromatic rings. The van der Waals surface area contributed by atoms with Gasteiger partial charge < -0.3 is 4.90 Å². The van der Waals surface area contributed by atoms with Crippen LogP contribution in [0.5, 0.6) is 0 Å². The maximum absolute atomic E-state index is 12.7. The van der Waals surface area contributed by atoms with Gasteiger partial charge in [0.25, 0.3) is 5.56 Å². The molecule has 1 amide bonds. The molecule has 0 saturated carbocycles. The minimum absolute atomic E-state index is 0.00228. The van der Waals surface area contributed by atoms with Gasteiger partial charge in [-0.1, -0.05) is 6.92 Å². The third-order valence-corrected chi connectivity index (χ3v) is 4.60. The second-order valence-corrected chi connectivity index (χ2v) is 6.29. The molecule has 8 heteroatoms. The first kappa shape index (κ1) is 16.4. The first-order valence-corrected chi connectivity index (χ1v) is 8.14. The largest absolute Gasteiger partial charge is 0.342 e. The van der Waals surface area contributed by atoms with Crippen molar-refractivity contribution in [2.75, 3.05) is 13.1 Å². The van der Waals surface area contributed by atoms with E-state index >= 15 is 0 Å². The Hall–Kier alpha value is -2.51. The van der Waals surface area contributed by atoms with Gasteiger partial charge in [0.15, 0.2) is 0 Å². The van der Waals surface area contributed by atoms with E-state index in [9.17, 15) is 9.59 Å². The number of rotatable bonds is 3. The standard InChI is InChI=1S/C16H22N6O2/c1-11(8-22-10-17-9-18-22)15(23)21-6-4-13-14(5-7-21)19-12(2)20(3)16(13)24/h9-11H,4-8H2,1-3H3/t11-/m0/s1. The quantitative estimate of drug-likeness (QED) is 0.787. The van der Waals surface area contributed by atoms with E-state index in [1.54, 1.807) is 22.6 Å². The third-order valence-electron chi connectivity index (χ3n) is 4.60. The van der Waals surface area contributed by atoms with Gasteiger partial charge in [-0.3, -0.25) is 18.8 Å². The molecule has 0 aliphatic carbocycles. The zero-order chi connectivity index (χ0) is 17.3. The fourth-order valence-corrected chi connectivity index (χ4v) is 3.09. The Morgan fingerprint density at radius 1 is 1.33 bits per heavy atom. The number of aryl methyl sites for hydroxylation is 1. The van der Waals surface area contributed by atoms with Crippen LogP contribution in [-0.4, -0.2) is 48.2 Å². The highest BCUT2D eigenvalue weighted by atomic mass is 16.2. The summed E-state index contributed by atoms with van der Waals surface area (Å²) in [7, 11) is 1.74. The highest BCUT2D eigenvalue weighted by Gasteiger charge is 2.25. The molecule has 0 fully saturated rings. The van der Waals surface area contributed by atoms with Crippen LogP contribution >= 0.6 is 0 Å². The Bertz CT molecular complexity index is 796. The second kappa shape index (κ2) is 6.54. The molecule has 3 rings (SSSR count). The van der Waals surface area contributed by atoms with Crippen LogP contribution < -0.4 is 5.56 Å². The van der Waals surface area contributed by atoms with Crippen LogP contribution in [-0.2, 0) is 31.2 Å². The van der Waals surface area contributed by atoms with E-state index in [1.807, 2.05) is 18.7 Å². The number of carbonyl (C=O) groups is 1. The third kappa shape index (κ3) is 3.08. The van der Waals surface area contributed by atoms with Crippen LogP contribution in [0.1, 0.15) is 24.0 Å². The fraction of sp³-hybridized carbons (Fsp3) is 0.562. The lowest BCUT2D eigenvalue weighted by Crippen LogP contribution is -2.38. The molecule has 1 atom stereocenters. The van der Waals surface area contributed by atoms with Crippen LogP contribution in [0.15, 0.2) is 17.4 Å². The summed E-state index contributed by atoms with van der Waals surface area (Å²) in [6, 6.07) is 0. The molecule has 1 aliphatic rings. The maximum atomic E-state index is 12.7. The maximum Gasteiger partial charge on any atom is 0.256 e. The van der Waals surface area contributed by atoms with Crippen molar-refractivity contribution in [3.05, 3.63) is 40.1 Å². The minimum Gasteiger partial charge on any atom is -0.342 e. The lowest BCUT2D eigenvalue weighted by Gasteiger charge is -2.23. The molecule has 128 valence electrons. The van der Waals surface area contributed by atoms with Crippen molar-refractivity contribution in [3.8, 4) is 0 Å². The minimum atomic E-state index is -0.189. The van der Waals surface area contributed by atoms with Crippen molar-refractivity contribution < 1.29 is 4.79 Å². The summed E-state index contributed by atoms with van der Waals surface area (Å²) in [6.45, 7) is 5.36.